The molecular weight excluding hydrogens is 184 g/mol. The van der Waals surface area contributed by atoms with Gasteiger partial charge < -0.3 is 5.11 Å². The minimum atomic E-state index is 0.218. The fourth-order valence-electron chi connectivity index (χ4n) is 1.15. The van der Waals surface area contributed by atoms with E-state index in [-0.39, 0.29) is 5.75 Å². The van der Waals surface area contributed by atoms with Crippen molar-refractivity contribution in [1.82, 2.24) is 9.55 Å². The first-order chi connectivity index (χ1) is 6.29. The second kappa shape index (κ2) is 3.14. The molecular formula is C9H8N2OS. The van der Waals surface area contributed by atoms with E-state index in [0.29, 0.717) is 10.8 Å². The van der Waals surface area contributed by atoms with Crippen LogP contribution in [-0.2, 0) is 0 Å². The lowest BCUT2D eigenvalue weighted by Crippen LogP contribution is -1.92. The molecule has 1 heterocycles. The standard InChI is InChI=1S/C9H8N2OS/c12-8-4-2-1-3-7(8)11-6-5-10-9(11)13/h1-6,12H,(H,10,13). The van der Waals surface area contributed by atoms with Crippen molar-refractivity contribution in [3.05, 3.63) is 36.7 Å². The lowest BCUT2D eigenvalue weighted by atomic mass is 10.3. The van der Waals surface area contributed by atoms with Gasteiger partial charge in [-0.2, -0.15) is 0 Å². The van der Waals surface area contributed by atoms with Gasteiger partial charge in [-0.15, -0.1) is 12.6 Å². The molecule has 0 aliphatic carbocycles. The van der Waals surface area contributed by atoms with E-state index in [9.17, 15) is 5.11 Å². The van der Waals surface area contributed by atoms with Crippen molar-refractivity contribution < 1.29 is 5.11 Å². The van der Waals surface area contributed by atoms with Gasteiger partial charge in [0.2, 0.25) is 0 Å². The Kier molecular flexibility index (Phi) is 1.98. The third-order valence-electron chi connectivity index (χ3n) is 1.76. The van der Waals surface area contributed by atoms with Gasteiger partial charge in [-0.3, -0.25) is 4.57 Å². The minimum absolute atomic E-state index is 0.218. The van der Waals surface area contributed by atoms with Gasteiger partial charge in [0.05, 0.1) is 5.69 Å². The number of phenols is 1. The lowest BCUT2D eigenvalue weighted by molar-refractivity contribution is 0.471. The summed E-state index contributed by atoms with van der Waals surface area (Å²) in [6.45, 7) is 0. The van der Waals surface area contributed by atoms with Crippen LogP contribution in [0, 0.1) is 0 Å². The van der Waals surface area contributed by atoms with Gasteiger partial charge in [0.1, 0.15) is 5.75 Å². The third-order valence-corrected chi connectivity index (χ3v) is 2.09. The predicted octanol–water partition coefficient (Wildman–Crippen LogP) is 1.87. The van der Waals surface area contributed by atoms with E-state index in [2.05, 4.69) is 17.6 Å². The zero-order chi connectivity index (χ0) is 9.26. The Morgan fingerprint density at radius 3 is 2.69 bits per heavy atom. The maximum Gasteiger partial charge on any atom is 0.169 e. The summed E-state index contributed by atoms with van der Waals surface area (Å²) in [5.41, 5.74) is 0.685. The molecule has 0 saturated carbocycles. The quantitative estimate of drug-likeness (QED) is 0.677. The number of phenolic OH excluding ortho intramolecular Hbond substituents is 1. The zero-order valence-corrected chi connectivity index (χ0v) is 7.65. The molecule has 1 aromatic carbocycles. The average molecular weight is 192 g/mol. The van der Waals surface area contributed by atoms with Gasteiger partial charge >= 0.3 is 0 Å². The maximum absolute atomic E-state index is 9.52. The molecule has 0 atom stereocenters. The molecule has 0 fully saturated rings. The van der Waals surface area contributed by atoms with Crippen molar-refractivity contribution in [3.8, 4) is 11.4 Å². The number of rotatable bonds is 1. The highest BCUT2D eigenvalue weighted by Crippen LogP contribution is 2.22. The maximum atomic E-state index is 9.52. The van der Waals surface area contributed by atoms with E-state index in [1.807, 2.05) is 6.07 Å². The van der Waals surface area contributed by atoms with Crippen LogP contribution in [0.15, 0.2) is 41.8 Å². The average Bonchev–Trinajstić information content (AvgIpc) is 2.52. The van der Waals surface area contributed by atoms with Gasteiger partial charge in [-0.1, -0.05) is 12.1 Å². The smallest absolute Gasteiger partial charge is 0.169 e. The Balaban J connectivity index is 2.59. The summed E-state index contributed by atoms with van der Waals surface area (Å²) >= 11 is 4.15. The monoisotopic (exact) mass is 192 g/mol. The van der Waals surface area contributed by atoms with Crippen LogP contribution in [0.1, 0.15) is 0 Å². The zero-order valence-electron chi connectivity index (χ0n) is 6.75. The Morgan fingerprint density at radius 1 is 1.31 bits per heavy atom. The molecule has 0 radical (unpaired) electrons. The number of imidazole rings is 1. The molecule has 66 valence electrons. The number of para-hydroxylation sites is 2. The molecule has 0 unspecified atom stereocenters. The molecule has 0 amide bonds. The van der Waals surface area contributed by atoms with Crippen LogP contribution in [0.5, 0.6) is 5.75 Å². The van der Waals surface area contributed by atoms with Crippen molar-refractivity contribution >= 4 is 12.6 Å². The van der Waals surface area contributed by atoms with Gasteiger partial charge in [0, 0.05) is 12.4 Å². The Bertz CT molecular complexity index is 425. The summed E-state index contributed by atoms with van der Waals surface area (Å²) in [6, 6.07) is 7.05. The van der Waals surface area contributed by atoms with Crippen LogP contribution < -0.4 is 0 Å². The van der Waals surface area contributed by atoms with Crippen molar-refractivity contribution in [2.24, 2.45) is 0 Å². The van der Waals surface area contributed by atoms with Crippen molar-refractivity contribution in [2.75, 3.05) is 0 Å². The Labute approximate surface area is 81.1 Å². The first-order valence-electron chi connectivity index (χ1n) is 3.80. The van der Waals surface area contributed by atoms with Crippen LogP contribution >= 0.6 is 12.6 Å². The molecule has 3 nitrogen and oxygen atoms in total. The number of nitrogens with zero attached hydrogens (tertiary/aromatic N) is 2. The molecule has 0 spiro atoms. The largest absolute Gasteiger partial charge is 0.506 e. The fourth-order valence-corrected chi connectivity index (χ4v) is 1.39. The third kappa shape index (κ3) is 1.40. The topological polar surface area (TPSA) is 38.0 Å². The number of thiol groups is 1. The molecule has 1 aromatic heterocycles. The number of hydrogen-bond acceptors (Lipinski definition) is 3. The summed E-state index contributed by atoms with van der Waals surface area (Å²) in [4.78, 5) is 3.95. The van der Waals surface area contributed by atoms with Crippen molar-refractivity contribution in [3.63, 3.8) is 0 Å². The number of aromatic nitrogens is 2. The minimum Gasteiger partial charge on any atom is -0.506 e. The molecule has 13 heavy (non-hydrogen) atoms. The first kappa shape index (κ1) is 8.19. The van der Waals surface area contributed by atoms with Crippen LogP contribution in [0.4, 0.5) is 0 Å². The van der Waals surface area contributed by atoms with Crippen LogP contribution in [0.3, 0.4) is 0 Å². The summed E-state index contributed by atoms with van der Waals surface area (Å²) in [7, 11) is 0. The molecule has 0 saturated heterocycles. The number of hydrogen-bond donors (Lipinski definition) is 2. The van der Waals surface area contributed by atoms with Gasteiger partial charge in [-0.05, 0) is 12.1 Å². The van der Waals surface area contributed by atoms with Crippen LogP contribution in [0.2, 0.25) is 0 Å². The first-order valence-corrected chi connectivity index (χ1v) is 4.24. The molecule has 4 heteroatoms. The van der Waals surface area contributed by atoms with E-state index >= 15 is 0 Å². The second-order valence-corrected chi connectivity index (χ2v) is 2.99. The van der Waals surface area contributed by atoms with Gasteiger partial charge in [0.15, 0.2) is 5.16 Å². The number of aromatic hydroxyl groups is 1. The van der Waals surface area contributed by atoms with Crippen LogP contribution in [0.25, 0.3) is 5.69 Å². The summed E-state index contributed by atoms with van der Waals surface area (Å²) < 4.78 is 1.71. The van der Waals surface area contributed by atoms with Crippen molar-refractivity contribution in [1.29, 1.82) is 0 Å². The molecule has 0 aliphatic rings. The highest BCUT2D eigenvalue weighted by molar-refractivity contribution is 7.80. The summed E-state index contributed by atoms with van der Waals surface area (Å²) in [5.74, 6) is 0.218. The second-order valence-electron chi connectivity index (χ2n) is 2.59. The highest BCUT2D eigenvalue weighted by Gasteiger charge is 2.04. The van der Waals surface area contributed by atoms with E-state index in [0.717, 1.165) is 0 Å². The van der Waals surface area contributed by atoms with Crippen molar-refractivity contribution in [2.45, 2.75) is 5.16 Å². The Hall–Kier alpha value is -1.42. The lowest BCUT2D eigenvalue weighted by Gasteiger charge is -2.05. The normalized spacial score (nSPS) is 10.2. The summed E-state index contributed by atoms with van der Waals surface area (Å²) in [6.07, 6.45) is 3.38. The van der Waals surface area contributed by atoms with E-state index in [1.165, 1.54) is 0 Å². The molecule has 2 aromatic rings. The SMILES string of the molecule is Oc1ccccc1-n1ccnc1S. The highest BCUT2D eigenvalue weighted by atomic mass is 32.1. The van der Waals surface area contributed by atoms with Gasteiger partial charge in [0.25, 0.3) is 0 Å². The molecule has 0 aliphatic heterocycles. The van der Waals surface area contributed by atoms with Crippen LogP contribution in [-0.4, -0.2) is 14.7 Å². The van der Waals surface area contributed by atoms with Gasteiger partial charge in [-0.25, -0.2) is 4.98 Å². The predicted molar refractivity (Wildman–Crippen MR) is 52.5 cm³/mol. The molecule has 0 bridgehead atoms. The van der Waals surface area contributed by atoms with E-state index in [1.54, 1.807) is 35.2 Å². The fraction of sp³-hybridized carbons (Fsp3) is 0. The molecule has 1 N–H and O–H groups in total. The number of benzene rings is 1. The van der Waals surface area contributed by atoms with E-state index in [4.69, 9.17) is 0 Å². The summed E-state index contributed by atoms with van der Waals surface area (Å²) in [5, 5.41) is 10.1. The Morgan fingerprint density at radius 2 is 2.08 bits per heavy atom. The molecule has 2 rings (SSSR count). The van der Waals surface area contributed by atoms with E-state index < -0.39 is 0 Å².